The average Bonchev–Trinajstić information content (AvgIpc) is 3.30. The minimum absolute atomic E-state index is 0.152. The van der Waals surface area contributed by atoms with Crippen LogP contribution >= 0.6 is 11.3 Å². The van der Waals surface area contributed by atoms with Crippen LogP contribution in [0.25, 0.3) is 0 Å². The normalized spacial score (nSPS) is 23.7. The SMILES string of the molecule is CCNC(=O)N1CC[C@]2(C1)c1ccccc1S(=O)(=O)N2Cc1csc(C)n1. The van der Waals surface area contributed by atoms with Crippen LogP contribution in [0.1, 0.15) is 29.6 Å². The fourth-order valence-electron chi connectivity index (χ4n) is 4.08. The molecule has 0 bridgehead atoms. The summed E-state index contributed by atoms with van der Waals surface area (Å²) in [6, 6.07) is 6.99. The molecule has 7 nitrogen and oxygen atoms in total. The smallest absolute Gasteiger partial charge is 0.317 e. The molecular weight excluding hydrogens is 384 g/mol. The first kappa shape index (κ1) is 18.4. The van der Waals surface area contributed by atoms with Gasteiger partial charge in [-0.25, -0.2) is 18.2 Å². The van der Waals surface area contributed by atoms with E-state index in [1.54, 1.807) is 21.3 Å². The summed E-state index contributed by atoms with van der Waals surface area (Å²) in [4.78, 5) is 18.9. The number of sulfonamides is 1. The van der Waals surface area contributed by atoms with Gasteiger partial charge in [-0.2, -0.15) is 4.31 Å². The highest BCUT2D eigenvalue weighted by molar-refractivity contribution is 7.89. The standard InChI is InChI=1S/C18H22N4O3S2/c1-3-19-17(23)21-9-8-18(12-21)15-6-4-5-7-16(15)27(24,25)22(18)10-14-11-26-13(2)20-14/h4-7,11H,3,8-10,12H2,1-2H3,(H,19,23)/t18-/m0/s1. The van der Waals surface area contributed by atoms with Crippen molar-refractivity contribution in [3.8, 4) is 0 Å². The number of hydrogen-bond acceptors (Lipinski definition) is 5. The van der Waals surface area contributed by atoms with E-state index in [1.807, 2.05) is 31.4 Å². The molecule has 2 aromatic rings. The number of fused-ring (bicyclic) bond motifs is 2. The predicted molar refractivity (Wildman–Crippen MR) is 103 cm³/mol. The summed E-state index contributed by atoms with van der Waals surface area (Å²) >= 11 is 1.51. The van der Waals surface area contributed by atoms with Crippen molar-refractivity contribution in [1.29, 1.82) is 0 Å². The number of nitrogens with zero attached hydrogens (tertiary/aromatic N) is 3. The molecule has 2 amide bonds. The zero-order chi connectivity index (χ0) is 19.2. The van der Waals surface area contributed by atoms with Gasteiger partial charge in [0, 0.05) is 25.0 Å². The summed E-state index contributed by atoms with van der Waals surface area (Å²) in [5.74, 6) is 0. The Labute approximate surface area is 163 Å². The van der Waals surface area contributed by atoms with E-state index in [-0.39, 0.29) is 12.6 Å². The third kappa shape index (κ3) is 2.84. The molecule has 0 aliphatic carbocycles. The van der Waals surface area contributed by atoms with E-state index in [1.165, 1.54) is 11.3 Å². The number of urea groups is 1. The number of nitrogens with one attached hydrogen (secondary N) is 1. The average molecular weight is 407 g/mol. The van der Waals surface area contributed by atoms with Crippen molar-refractivity contribution in [2.75, 3.05) is 19.6 Å². The van der Waals surface area contributed by atoms with Crippen molar-refractivity contribution >= 4 is 27.4 Å². The fraction of sp³-hybridized carbons (Fsp3) is 0.444. The second kappa shape index (κ2) is 6.57. The van der Waals surface area contributed by atoms with Gasteiger partial charge in [0.15, 0.2) is 0 Å². The number of hydrogen-bond donors (Lipinski definition) is 1. The van der Waals surface area contributed by atoms with Crippen LogP contribution in [0.15, 0.2) is 34.5 Å². The summed E-state index contributed by atoms with van der Waals surface area (Å²) in [6.45, 7) is 5.39. The molecule has 2 aliphatic rings. The van der Waals surface area contributed by atoms with Gasteiger partial charge >= 0.3 is 6.03 Å². The maximum absolute atomic E-state index is 13.3. The molecule has 1 atom stereocenters. The molecule has 144 valence electrons. The first-order valence-corrected chi connectivity index (χ1v) is 11.3. The van der Waals surface area contributed by atoms with Crippen molar-refractivity contribution in [2.45, 2.75) is 37.2 Å². The quantitative estimate of drug-likeness (QED) is 0.848. The van der Waals surface area contributed by atoms with Gasteiger partial charge in [0.2, 0.25) is 10.0 Å². The second-order valence-corrected chi connectivity index (χ2v) is 9.80. The van der Waals surface area contributed by atoms with Crippen LogP contribution in [0, 0.1) is 6.92 Å². The number of carbonyl (C=O) groups is 1. The lowest BCUT2D eigenvalue weighted by molar-refractivity contribution is 0.178. The summed E-state index contributed by atoms with van der Waals surface area (Å²) in [7, 11) is -3.65. The molecular formula is C18H22N4O3S2. The van der Waals surface area contributed by atoms with E-state index < -0.39 is 15.6 Å². The minimum Gasteiger partial charge on any atom is -0.338 e. The van der Waals surface area contributed by atoms with Crippen LogP contribution in [-0.2, 0) is 22.1 Å². The van der Waals surface area contributed by atoms with Gasteiger partial charge in [-0.05, 0) is 31.9 Å². The van der Waals surface area contributed by atoms with Crippen LogP contribution in [0.5, 0.6) is 0 Å². The van der Waals surface area contributed by atoms with Crippen LogP contribution in [0.4, 0.5) is 4.79 Å². The van der Waals surface area contributed by atoms with E-state index in [0.29, 0.717) is 31.0 Å². The Balaban J connectivity index is 1.78. The van der Waals surface area contributed by atoms with Gasteiger partial charge in [-0.3, -0.25) is 0 Å². The first-order chi connectivity index (χ1) is 12.9. The predicted octanol–water partition coefficient (Wildman–Crippen LogP) is 2.29. The zero-order valence-electron chi connectivity index (χ0n) is 15.3. The minimum atomic E-state index is -3.65. The number of amides is 2. The van der Waals surface area contributed by atoms with Gasteiger partial charge in [0.05, 0.1) is 27.7 Å². The number of carbonyl (C=O) groups excluding carboxylic acids is 1. The largest absolute Gasteiger partial charge is 0.338 e. The monoisotopic (exact) mass is 406 g/mol. The van der Waals surface area contributed by atoms with Crippen molar-refractivity contribution in [3.05, 3.63) is 45.9 Å². The molecule has 3 heterocycles. The summed E-state index contributed by atoms with van der Waals surface area (Å²) in [5.41, 5.74) is 0.784. The molecule has 1 aromatic carbocycles. The molecule has 9 heteroatoms. The lowest BCUT2D eigenvalue weighted by atomic mass is 9.89. The van der Waals surface area contributed by atoms with Crippen LogP contribution in [-0.4, -0.2) is 48.3 Å². The maximum atomic E-state index is 13.3. The van der Waals surface area contributed by atoms with Gasteiger partial charge in [-0.1, -0.05) is 18.2 Å². The topological polar surface area (TPSA) is 82.6 Å². The third-order valence-electron chi connectivity index (χ3n) is 5.27. The molecule has 0 radical (unpaired) electrons. The van der Waals surface area contributed by atoms with Crippen molar-refractivity contribution in [1.82, 2.24) is 19.5 Å². The lowest BCUT2D eigenvalue weighted by Crippen LogP contribution is -2.47. The Morgan fingerprint density at radius 3 is 2.85 bits per heavy atom. The summed E-state index contributed by atoms with van der Waals surface area (Å²) in [6.07, 6.45) is 0.573. The lowest BCUT2D eigenvalue weighted by Gasteiger charge is -2.33. The number of thiazole rings is 1. The van der Waals surface area contributed by atoms with E-state index in [0.717, 1.165) is 16.3 Å². The van der Waals surface area contributed by atoms with Gasteiger partial charge < -0.3 is 10.2 Å². The van der Waals surface area contributed by atoms with Crippen molar-refractivity contribution in [2.24, 2.45) is 0 Å². The molecule has 1 spiro atoms. The number of aryl methyl sites for hydroxylation is 1. The Morgan fingerprint density at radius 2 is 2.15 bits per heavy atom. The van der Waals surface area contributed by atoms with Crippen molar-refractivity contribution in [3.63, 3.8) is 0 Å². The highest BCUT2D eigenvalue weighted by Gasteiger charge is 2.57. The summed E-state index contributed by atoms with van der Waals surface area (Å²) < 4.78 is 28.2. The molecule has 0 unspecified atom stereocenters. The van der Waals surface area contributed by atoms with Crippen LogP contribution in [0.3, 0.4) is 0 Å². The third-order valence-corrected chi connectivity index (χ3v) is 8.06. The highest BCUT2D eigenvalue weighted by atomic mass is 32.2. The number of benzene rings is 1. The molecule has 2 aliphatic heterocycles. The molecule has 1 fully saturated rings. The maximum Gasteiger partial charge on any atom is 0.317 e. The molecule has 4 rings (SSSR count). The van der Waals surface area contributed by atoms with Gasteiger partial charge in [0.25, 0.3) is 0 Å². The van der Waals surface area contributed by atoms with Crippen LogP contribution < -0.4 is 5.32 Å². The van der Waals surface area contributed by atoms with E-state index >= 15 is 0 Å². The van der Waals surface area contributed by atoms with Crippen molar-refractivity contribution < 1.29 is 13.2 Å². The Kier molecular flexibility index (Phi) is 4.48. The van der Waals surface area contributed by atoms with E-state index in [9.17, 15) is 13.2 Å². The fourth-order valence-corrected chi connectivity index (χ4v) is 6.71. The Morgan fingerprint density at radius 1 is 1.37 bits per heavy atom. The summed E-state index contributed by atoms with van der Waals surface area (Å²) in [5, 5.41) is 5.62. The Hall–Kier alpha value is -1.97. The number of rotatable bonds is 3. The molecule has 1 N–H and O–H groups in total. The van der Waals surface area contributed by atoms with Crippen LogP contribution in [0.2, 0.25) is 0 Å². The first-order valence-electron chi connectivity index (χ1n) is 8.94. The molecule has 1 aromatic heterocycles. The van der Waals surface area contributed by atoms with E-state index in [4.69, 9.17) is 0 Å². The Bertz CT molecular complexity index is 988. The van der Waals surface area contributed by atoms with E-state index in [2.05, 4.69) is 10.3 Å². The zero-order valence-corrected chi connectivity index (χ0v) is 16.9. The molecule has 1 saturated heterocycles. The number of likely N-dealkylation sites (tertiary alicyclic amines) is 1. The number of aromatic nitrogens is 1. The highest BCUT2D eigenvalue weighted by Crippen LogP contribution is 2.50. The second-order valence-electron chi connectivity index (χ2n) is 6.90. The van der Waals surface area contributed by atoms with Gasteiger partial charge in [0.1, 0.15) is 0 Å². The molecule has 27 heavy (non-hydrogen) atoms. The molecule has 0 saturated carbocycles. The van der Waals surface area contributed by atoms with Gasteiger partial charge in [-0.15, -0.1) is 11.3 Å².